The molecule has 2 amide bonds. The topological polar surface area (TPSA) is 99.1 Å². The number of ether oxygens (including phenoxy) is 1. The van der Waals surface area contributed by atoms with Gasteiger partial charge < -0.3 is 25.2 Å². The molecule has 0 aliphatic carbocycles. The summed E-state index contributed by atoms with van der Waals surface area (Å²) in [5.74, 6) is -1.35. The maximum atomic E-state index is 11.7. The molecule has 0 saturated carbocycles. The number of carboxylic acids is 1. The summed E-state index contributed by atoms with van der Waals surface area (Å²) in [5, 5.41) is 19.9. The first-order valence-electron chi connectivity index (χ1n) is 5.59. The predicted molar refractivity (Wildman–Crippen MR) is 58.6 cm³/mol. The van der Waals surface area contributed by atoms with Gasteiger partial charge in [-0.15, -0.1) is 0 Å². The largest absolute Gasteiger partial charge is 0.479 e. The molecule has 1 aliphatic rings. The van der Waals surface area contributed by atoms with E-state index in [4.69, 9.17) is 14.9 Å². The molecule has 2 unspecified atom stereocenters. The lowest BCUT2D eigenvalue weighted by molar-refractivity contribution is -0.146. The first-order chi connectivity index (χ1) is 8.06. The van der Waals surface area contributed by atoms with Gasteiger partial charge in [0.2, 0.25) is 0 Å². The normalized spacial score (nSPS) is 22.0. The highest BCUT2D eigenvalue weighted by Crippen LogP contribution is 2.10. The Bertz CT molecular complexity index is 284. The Morgan fingerprint density at radius 3 is 2.88 bits per heavy atom. The van der Waals surface area contributed by atoms with E-state index in [1.54, 1.807) is 4.90 Å². The molecule has 0 spiro atoms. The molecule has 1 fully saturated rings. The molecule has 3 N–H and O–H groups in total. The lowest BCUT2D eigenvalue weighted by atomic mass is 10.2. The Labute approximate surface area is 99.4 Å². The van der Waals surface area contributed by atoms with Crippen LogP contribution in [0.25, 0.3) is 0 Å². The molecular weight excluding hydrogens is 228 g/mol. The van der Waals surface area contributed by atoms with Crippen molar-refractivity contribution in [3.63, 3.8) is 0 Å². The van der Waals surface area contributed by atoms with E-state index in [-0.39, 0.29) is 18.6 Å². The third kappa shape index (κ3) is 3.86. The summed E-state index contributed by atoms with van der Waals surface area (Å²) in [7, 11) is 0. The predicted octanol–water partition coefficient (Wildman–Crippen LogP) is -0.748. The molecule has 2 atom stereocenters. The summed E-state index contributed by atoms with van der Waals surface area (Å²) in [6.07, 6.45) is -0.797. The number of carboxylic acid groups (broad SMARTS) is 1. The van der Waals surface area contributed by atoms with Crippen LogP contribution in [0.2, 0.25) is 0 Å². The molecule has 1 aliphatic heterocycles. The SMILES string of the molecule is CCC1COCCN1C(=O)NCC(O)C(=O)O. The monoisotopic (exact) mass is 246 g/mol. The van der Waals surface area contributed by atoms with Crippen molar-refractivity contribution in [1.29, 1.82) is 0 Å². The number of carbonyl (C=O) groups is 2. The molecule has 0 aromatic carbocycles. The molecule has 1 heterocycles. The summed E-state index contributed by atoms with van der Waals surface area (Å²) in [6.45, 7) is 3.11. The number of rotatable bonds is 4. The van der Waals surface area contributed by atoms with Crippen LogP contribution in [0.1, 0.15) is 13.3 Å². The number of nitrogens with one attached hydrogen (secondary N) is 1. The lowest BCUT2D eigenvalue weighted by Crippen LogP contribution is -2.53. The number of morpholine rings is 1. The minimum atomic E-state index is -1.57. The molecular formula is C10H18N2O5. The zero-order valence-corrected chi connectivity index (χ0v) is 9.76. The smallest absolute Gasteiger partial charge is 0.334 e. The molecule has 7 nitrogen and oxygen atoms in total. The summed E-state index contributed by atoms with van der Waals surface area (Å²) in [4.78, 5) is 23.7. The van der Waals surface area contributed by atoms with Gasteiger partial charge in [-0.2, -0.15) is 0 Å². The number of carbonyl (C=O) groups excluding carboxylic acids is 1. The standard InChI is InChI=1S/C10H18N2O5/c1-2-7-6-17-4-3-12(7)10(16)11-5-8(13)9(14)15/h7-8,13H,2-6H2,1H3,(H,11,16)(H,14,15). The third-order valence-corrected chi connectivity index (χ3v) is 2.69. The third-order valence-electron chi connectivity index (χ3n) is 2.69. The Balaban J connectivity index is 2.42. The van der Waals surface area contributed by atoms with Crippen LogP contribution in [0.15, 0.2) is 0 Å². The van der Waals surface area contributed by atoms with Gasteiger partial charge in [-0.3, -0.25) is 0 Å². The maximum absolute atomic E-state index is 11.7. The number of urea groups is 1. The second kappa shape index (κ2) is 6.41. The molecule has 7 heteroatoms. The Morgan fingerprint density at radius 2 is 2.29 bits per heavy atom. The second-order valence-corrected chi connectivity index (χ2v) is 3.87. The van der Waals surface area contributed by atoms with Crippen LogP contribution in [0, 0.1) is 0 Å². The van der Waals surface area contributed by atoms with Crippen molar-refractivity contribution in [2.45, 2.75) is 25.5 Å². The van der Waals surface area contributed by atoms with Gasteiger partial charge in [0.1, 0.15) is 0 Å². The highest BCUT2D eigenvalue weighted by Gasteiger charge is 2.26. The fourth-order valence-electron chi connectivity index (χ4n) is 1.63. The molecule has 1 saturated heterocycles. The molecule has 1 rings (SSSR count). The molecule has 98 valence electrons. The van der Waals surface area contributed by atoms with E-state index in [0.717, 1.165) is 6.42 Å². The van der Waals surface area contributed by atoms with Crippen molar-refractivity contribution in [2.24, 2.45) is 0 Å². The van der Waals surface area contributed by atoms with Crippen molar-refractivity contribution in [3.05, 3.63) is 0 Å². The van der Waals surface area contributed by atoms with Crippen LogP contribution in [0.3, 0.4) is 0 Å². The van der Waals surface area contributed by atoms with Crippen LogP contribution in [-0.4, -0.2) is 65.6 Å². The van der Waals surface area contributed by atoms with Crippen molar-refractivity contribution in [2.75, 3.05) is 26.3 Å². The van der Waals surface area contributed by atoms with Crippen molar-refractivity contribution in [3.8, 4) is 0 Å². The first-order valence-corrected chi connectivity index (χ1v) is 5.59. The zero-order chi connectivity index (χ0) is 12.8. The Morgan fingerprint density at radius 1 is 1.59 bits per heavy atom. The number of hydrogen-bond donors (Lipinski definition) is 3. The summed E-state index contributed by atoms with van der Waals surface area (Å²) in [5.41, 5.74) is 0. The van der Waals surface area contributed by atoms with Crippen LogP contribution in [-0.2, 0) is 9.53 Å². The number of hydrogen-bond acceptors (Lipinski definition) is 4. The summed E-state index contributed by atoms with van der Waals surface area (Å²) < 4.78 is 5.25. The number of nitrogens with zero attached hydrogens (tertiary/aromatic N) is 1. The Kier molecular flexibility index (Phi) is 5.17. The van der Waals surface area contributed by atoms with Gasteiger partial charge >= 0.3 is 12.0 Å². The van der Waals surface area contributed by atoms with Gasteiger partial charge in [-0.25, -0.2) is 9.59 Å². The molecule has 0 bridgehead atoms. The van der Waals surface area contributed by atoms with Crippen LogP contribution < -0.4 is 5.32 Å². The van der Waals surface area contributed by atoms with E-state index in [1.165, 1.54) is 0 Å². The molecule has 0 aromatic heterocycles. The van der Waals surface area contributed by atoms with Crippen molar-refractivity contribution in [1.82, 2.24) is 10.2 Å². The molecule has 0 radical (unpaired) electrons. The number of aliphatic hydroxyl groups excluding tert-OH is 1. The van der Waals surface area contributed by atoms with Crippen LogP contribution in [0.5, 0.6) is 0 Å². The van der Waals surface area contributed by atoms with E-state index >= 15 is 0 Å². The average Bonchev–Trinajstić information content (AvgIpc) is 2.35. The second-order valence-electron chi connectivity index (χ2n) is 3.87. The summed E-state index contributed by atoms with van der Waals surface area (Å²) >= 11 is 0. The minimum absolute atomic E-state index is 0.00530. The number of aliphatic carboxylic acids is 1. The number of aliphatic hydroxyl groups is 1. The van der Waals surface area contributed by atoms with Gasteiger partial charge in [-0.05, 0) is 6.42 Å². The van der Waals surface area contributed by atoms with Crippen molar-refractivity contribution >= 4 is 12.0 Å². The quantitative estimate of drug-likeness (QED) is 0.606. The van der Waals surface area contributed by atoms with Crippen molar-refractivity contribution < 1.29 is 24.5 Å². The fraction of sp³-hybridized carbons (Fsp3) is 0.800. The highest BCUT2D eigenvalue weighted by atomic mass is 16.5. The lowest BCUT2D eigenvalue weighted by Gasteiger charge is -2.35. The molecule has 0 aromatic rings. The Hall–Kier alpha value is -1.34. The minimum Gasteiger partial charge on any atom is -0.479 e. The van der Waals surface area contributed by atoms with Crippen LogP contribution in [0.4, 0.5) is 4.79 Å². The van der Waals surface area contributed by atoms with Gasteiger partial charge in [0.25, 0.3) is 0 Å². The first kappa shape index (κ1) is 13.7. The van der Waals surface area contributed by atoms with Gasteiger partial charge in [0.05, 0.1) is 25.8 Å². The zero-order valence-electron chi connectivity index (χ0n) is 9.76. The van der Waals surface area contributed by atoms with Gasteiger partial charge in [0, 0.05) is 6.54 Å². The summed E-state index contributed by atoms with van der Waals surface area (Å²) in [6, 6.07) is -0.355. The van der Waals surface area contributed by atoms with E-state index in [1.807, 2.05) is 6.92 Å². The van der Waals surface area contributed by atoms with Crippen LogP contribution >= 0.6 is 0 Å². The van der Waals surface area contributed by atoms with E-state index < -0.39 is 12.1 Å². The van der Waals surface area contributed by atoms with E-state index in [2.05, 4.69) is 5.32 Å². The van der Waals surface area contributed by atoms with E-state index in [9.17, 15) is 9.59 Å². The van der Waals surface area contributed by atoms with Gasteiger partial charge in [-0.1, -0.05) is 6.92 Å². The fourth-order valence-corrected chi connectivity index (χ4v) is 1.63. The van der Waals surface area contributed by atoms with E-state index in [0.29, 0.717) is 19.8 Å². The molecule has 17 heavy (non-hydrogen) atoms. The highest BCUT2D eigenvalue weighted by molar-refractivity contribution is 5.77. The average molecular weight is 246 g/mol. The maximum Gasteiger partial charge on any atom is 0.334 e. The number of amides is 2. The van der Waals surface area contributed by atoms with Gasteiger partial charge in [0.15, 0.2) is 6.10 Å².